The van der Waals surface area contributed by atoms with Gasteiger partial charge in [-0.3, -0.25) is 4.79 Å². The van der Waals surface area contributed by atoms with Gasteiger partial charge in [-0.05, 0) is 29.7 Å². The molecule has 2 heterocycles. The molecule has 5 nitrogen and oxygen atoms in total. The van der Waals surface area contributed by atoms with Gasteiger partial charge >= 0.3 is 0 Å². The van der Waals surface area contributed by atoms with E-state index in [0.29, 0.717) is 18.5 Å². The highest BCUT2D eigenvalue weighted by Crippen LogP contribution is 2.33. The molecule has 1 atom stereocenters. The SMILES string of the molecule is CCc1nn2c(c1C(=O)NCc1cccc(F)c1)N[C@H](c1ccccc1)C2. The lowest BCUT2D eigenvalue weighted by molar-refractivity contribution is 0.0951. The molecule has 0 fully saturated rings. The number of nitrogens with zero attached hydrogens (tertiary/aromatic N) is 2. The van der Waals surface area contributed by atoms with Gasteiger partial charge in [0.2, 0.25) is 0 Å². The summed E-state index contributed by atoms with van der Waals surface area (Å²) < 4.78 is 15.2. The van der Waals surface area contributed by atoms with Gasteiger partial charge in [0.1, 0.15) is 17.2 Å². The van der Waals surface area contributed by atoms with Crippen LogP contribution < -0.4 is 10.6 Å². The van der Waals surface area contributed by atoms with Crippen LogP contribution in [0.25, 0.3) is 0 Å². The molecule has 1 amide bonds. The first-order valence-corrected chi connectivity index (χ1v) is 9.09. The second-order valence-corrected chi connectivity index (χ2v) is 6.63. The summed E-state index contributed by atoms with van der Waals surface area (Å²) in [5.41, 5.74) is 3.22. The van der Waals surface area contributed by atoms with E-state index in [1.807, 2.05) is 29.8 Å². The van der Waals surface area contributed by atoms with Crippen molar-refractivity contribution in [3.8, 4) is 0 Å². The van der Waals surface area contributed by atoms with E-state index in [9.17, 15) is 9.18 Å². The number of carbonyl (C=O) groups excluding carboxylic acids is 1. The zero-order valence-electron chi connectivity index (χ0n) is 15.1. The maximum absolute atomic E-state index is 13.3. The summed E-state index contributed by atoms with van der Waals surface area (Å²) >= 11 is 0. The van der Waals surface area contributed by atoms with Gasteiger partial charge in [0.05, 0.1) is 18.3 Å². The second-order valence-electron chi connectivity index (χ2n) is 6.63. The lowest BCUT2D eigenvalue weighted by atomic mass is 10.1. The second kappa shape index (κ2) is 7.23. The number of hydrogen-bond donors (Lipinski definition) is 2. The van der Waals surface area contributed by atoms with E-state index in [0.717, 1.165) is 22.6 Å². The van der Waals surface area contributed by atoms with E-state index >= 15 is 0 Å². The normalized spacial score (nSPS) is 15.3. The molecule has 0 saturated heterocycles. The molecule has 1 aliphatic rings. The fraction of sp³-hybridized carbons (Fsp3) is 0.238. The van der Waals surface area contributed by atoms with Gasteiger partial charge < -0.3 is 10.6 Å². The van der Waals surface area contributed by atoms with Crippen LogP contribution in [0.4, 0.5) is 10.2 Å². The number of benzene rings is 2. The van der Waals surface area contributed by atoms with Crippen molar-refractivity contribution in [1.29, 1.82) is 0 Å². The van der Waals surface area contributed by atoms with E-state index in [1.165, 1.54) is 12.1 Å². The number of amides is 1. The van der Waals surface area contributed by atoms with Gasteiger partial charge in [-0.25, -0.2) is 9.07 Å². The largest absolute Gasteiger partial charge is 0.361 e. The van der Waals surface area contributed by atoms with Crippen molar-refractivity contribution in [2.45, 2.75) is 32.5 Å². The van der Waals surface area contributed by atoms with Crippen molar-refractivity contribution in [2.75, 3.05) is 5.32 Å². The standard InChI is InChI=1S/C21H21FN4O/c1-2-17-19(21(27)23-12-14-7-6-10-16(22)11-14)20-24-18(13-26(20)25-17)15-8-4-3-5-9-15/h3-11,18,24H,2,12-13H2,1H3,(H,23,27)/t18-/m0/s1. The van der Waals surface area contributed by atoms with Gasteiger partial charge in [-0.15, -0.1) is 0 Å². The zero-order valence-corrected chi connectivity index (χ0v) is 15.1. The summed E-state index contributed by atoms with van der Waals surface area (Å²) in [5, 5.41) is 10.9. The van der Waals surface area contributed by atoms with Crippen LogP contribution in [0.1, 0.15) is 40.1 Å². The third-order valence-electron chi connectivity index (χ3n) is 4.80. The first-order chi connectivity index (χ1) is 13.2. The number of fused-ring (bicyclic) bond motifs is 1. The summed E-state index contributed by atoms with van der Waals surface area (Å²) in [6, 6.07) is 16.4. The molecule has 6 heteroatoms. The van der Waals surface area contributed by atoms with Crippen LogP contribution in [0, 0.1) is 5.82 Å². The summed E-state index contributed by atoms with van der Waals surface area (Å²) in [4.78, 5) is 12.8. The van der Waals surface area contributed by atoms with Gasteiger partial charge in [-0.2, -0.15) is 5.10 Å². The Balaban J connectivity index is 1.54. The van der Waals surface area contributed by atoms with E-state index in [4.69, 9.17) is 0 Å². The Hall–Kier alpha value is -3.15. The number of aromatic nitrogens is 2. The minimum atomic E-state index is -0.310. The number of nitrogens with one attached hydrogen (secondary N) is 2. The average molecular weight is 364 g/mol. The number of hydrogen-bond acceptors (Lipinski definition) is 3. The van der Waals surface area contributed by atoms with Gasteiger partial charge in [0.25, 0.3) is 5.91 Å². The molecule has 3 aromatic rings. The molecule has 27 heavy (non-hydrogen) atoms. The maximum atomic E-state index is 13.3. The van der Waals surface area contributed by atoms with Crippen LogP contribution in [-0.2, 0) is 19.5 Å². The first-order valence-electron chi connectivity index (χ1n) is 9.09. The van der Waals surface area contributed by atoms with Crippen molar-refractivity contribution in [1.82, 2.24) is 15.1 Å². The fourth-order valence-corrected chi connectivity index (χ4v) is 3.45. The molecule has 0 saturated carbocycles. The van der Waals surface area contributed by atoms with E-state index in [2.05, 4.69) is 27.9 Å². The molecule has 0 aliphatic carbocycles. The lowest BCUT2D eigenvalue weighted by Gasteiger charge is -2.12. The molecular weight excluding hydrogens is 343 g/mol. The van der Waals surface area contributed by atoms with Crippen molar-refractivity contribution >= 4 is 11.7 Å². The molecule has 1 aromatic heterocycles. The maximum Gasteiger partial charge on any atom is 0.257 e. The zero-order chi connectivity index (χ0) is 18.8. The Morgan fingerprint density at radius 3 is 2.81 bits per heavy atom. The van der Waals surface area contributed by atoms with Crippen LogP contribution in [0.5, 0.6) is 0 Å². The Morgan fingerprint density at radius 2 is 2.07 bits per heavy atom. The van der Waals surface area contributed by atoms with Crippen molar-refractivity contribution < 1.29 is 9.18 Å². The smallest absolute Gasteiger partial charge is 0.257 e. The van der Waals surface area contributed by atoms with E-state index < -0.39 is 0 Å². The highest BCUT2D eigenvalue weighted by Gasteiger charge is 2.30. The van der Waals surface area contributed by atoms with Crippen LogP contribution in [0.2, 0.25) is 0 Å². The average Bonchev–Trinajstić information content (AvgIpc) is 3.24. The molecule has 0 unspecified atom stereocenters. The van der Waals surface area contributed by atoms with E-state index in [-0.39, 0.29) is 24.3 Å². The topological polar surface area (TPSA) is 59.0 Å². The minimum Gasteiger partial charge on any atom is -0.361 e. The number of carbonyl (C=O) groups is 1. The quantitative estimate of drug-likeness (QED) is 0.726. The van der Waals surface area contributed by atoms with Crippen molar-refractivity contribution in [2.24, 2.45) is 0 Å². The molecule has 0 bridgehead atoms. The van der Waals surface area contributed by atoms with E-state index in [1.54, 1.807) is 12.1 Å². The number of rotatable bonds is 5. The third-order valence-corrected chi connectivity index (χ3v) is 4.80. The summed E-state index contributed by atoms with van der Waals surface area (Å²) in [7, 11) is 0. The Morgan fingerprint density at radius 1 is 1.26 bits per heavy atom. The van der Waals surface area contributed by atoms with Crippen LogP contribution in [0.15, 0.2) is 54.6 Å². The van der Waals surface area contributed by atoms with Crippen LogP contribution in [0.3, 0.4) is 0 Å². The lowest BCUT2D eigenvalue weighted by Crippen LogP contribution is -2.24. The van der Waals surface area contributed by atoms with Crippen molar-refractivity contribution in [3.05, 3.63) is 82.8 Å². The Labute approximate surface area is 157 Å². The van der Waals surface area contributed by atoms with Crippen LogP contribution in [-0.4, -0.2) is 15.7 Å². The number of anilines is 1. The molecule has 0 spiro atoms. The summed E-state index contributed by atoms with van der Waals surface area (Å²) in [5.74, 6) is 0.241. The van der Waals surface area contributed by atoms with Crippen molar-refractivity contribution in [3.63, 3.8) is 0 Å². The Bertz CT molecular complexity index is 968. The summed E-state index contributed by atoms with van der Waals surface area (Å²) in [6.45, 7) is 2.94. The van der Waals surface area contributed by atoms with Crippen LogP contribution >= 0.6 is 0 Å². The number of halogens is 1. The molecule has 4 rings (SSSR count). The van der Waals surface area contributed by atoms with Gasteiger partial charge in [0, 0.05) is 6.54 Å². The molecule has 138 valence electrons. The molecule has 2 aromatic carbocycles. The summed E-state index contributed by atoms with van der Waals surface area (Å²) in [6.07, 6.45) is 0.667. The fourth-order valence-electron chi connectivity index (χ4n) is 3.45. The minimum absolute atomic E-state index is 0.0920. The van der Waals surface area contributed by atoms with Gasteiger partial charge in [-0.1, -0.05) is 49.4 Å². The molecule has 0 radical (unpaired) electrons. The predicted molar refractivity (Wildman–Crippen MR) is 102 cm³/mol. The highest BCUT2D eigenvalue weighted by molar-refractivity contribution is 6.00. The number of aryl methyl sites for hydroxylation is 1. The molecule has 1 aliphatic heterocycles. The Kier molecular flexibility index (Phi) is 4.62. The highest BCUT2D eigenvalue weighted by atomic mass is 19.1. The monoisotopic (exact) mass is 364 g/mol. The third kappa shape index (κ3) is 3.43. The van der Waals surface area contributed by atoms with Gasteiger partial charge in [0.15, 0.2) is 0 Å². The molecular formula is C21H21FN4O. The predicted octanol–water partition coefficient (Wildman–Crippen LogP) is 3.68. The molecule has 2 N–H and O–H groups in total. The first kappa shape index (κ1) is 17.3.